The van der Waals surface area contributed by atoms with Crippen LogP contribution in [-0.2, 0) is 15.9 Å². The Kier molecular flexibility index (Phi) is 4.50. The van der Waals surface area contributed by atoms with Gasteiger partial charge in [0.05, 0.1) is 18.3 Å². The van der Waals surface area contributed by atoms with Crippen molar-refractivity contribution >= 4 is 5.91 Å². The first kappa shape index (κ1) is 15.5. The van der Waals surface area contributed by atoms with Gasteiger partial charge in [0.1, 0.15) is 0 Å². The minimum absolute atomic E-state index is 0.0659. The van der Waals surface area contributed by atoms with E-state index in [9.17, 15) is 4.79 Å². The fourth-order valence-electron chi connectivity index (χ4n) is 3.49. The summed E-state index contributed by atoms with van der Waals surface area (Å²) < 4.78 is 11.4. The molecular formula is C18H25NO3. The Morgan fingerprint density at radius 3 is 2.55 bits per heavy atom. The van der Waals surface area contributed by atoms with Gasteiger partial charge in [-0.3, -0.25) is 4.79 Å². The molecule has 2 aliphatic rings. The molecule has 120 valence electrons. The SMILES string of the molecule is CCc1ccc(C(=O)N2CCC3(CC2)C[C@@H](OC)CO3)cc1. The quantitative estimate of drug-likeness (QED) is 0.862. The molecule has 4 heteroatoms. The zero-order valence-corrected chi connectivity index (χ0v) is 13.5. The molecule has 2 fully saturated rings. The number of aryl methyl sites for hydroxylation is 1. The largest absolute Gasteiger partial charge is 0.379 e. The molecule has 0 aliphatic carbocycles. The van der Waals surface area contributed by atoms with E-state index in [1.165, 1.54) is 5.56 Å². The molecule has 0 bridgehead atoms. The van der Waals surface area contributed by atoms with Gasteiger partial charge in [-0.15, -0.1) is 0 Å². The second-order valence-corrected chi connectivity index (χ2v) is 6.40. The van der Waals surface area contributed by atoms with E-state index in [2.05, 4.69) is 6.92 Å². The molecule has 22 heavy (non-hydrogen) atoms. The Labute approximate surface area is 132 Å². The lowest BCUT2D eigenvalue weighted by molar-refractivity contribution is -0.0402. The number of rotatable bonds is 3. The molecular weight excluding hydrogens is 278 g/mol. The van der Waals surface area contributed by atoms with Crippen LogP contribution in [0.3, 0.4) is 0 Å². The van der Waals surface area contributed by atoms with Crippen molar-refractivity contribution in [2.45, 2.75) is 44.3 Å². The molecule has 0 radical (unpaired) electrons. The van der Waals surface area contributed by atoms with E-state index in [1.54, 1.807) is 7.11 Å². The van der Waals surface area contributed by atoms with Crippen molar-refractivity contribution in [3.63, 3.8) is 0 Å². The molecule has 2 aliphatic heterocycles. The lowest BCUT2D eigenvalue weighted by Gasteiger charge is -2.38. The number of likely N-dealkylation sites (tertiary alicyclic amines) is 1. The first-order chi connectivity index (χ1) is 10.7. The van der Waals surface area contributed by atoms with Crippen molar-refractivity contribution < 1.29 is 14.3 Å². The van der Waals surface area contributed by atoms with Crippen LogP contribution >= 0.6 is 0 Å². The minimum atomic E-state index is -0.0659. The van der Waals surface area contributed by atoms with Crippen LogP contribution in [0.25, 0.3) is 0 Å². The van der Waals surface area contributed by atoms with E-state index in [0.29, 0.717) is 6.61 Å². The summed E-state index contributed by atoms with van der Waals surface area (Å²) in [5.41, 5.74) is 1.98. The van der Waals surface area contributed by atoms with E-state index < -0.39 is 0 Å². The molecule has 2 saturated heterocycles. The van der Waals surface area contributed by atoms with Crippen LogP contribution < -0.4 is 0 Å². The Hall–Kier alpha value is -1.39. The predicted octanol–water partition coefficient (Wildman–Crippen LogP) is 2.66. The number of hydrogen-bond acceptors (Lipinski definition) is 3. The molecule has 0 unspecified atom stereocenters. The summed E-state index contributed by atoms with van der Waals surface area (Å²) in [7, 11) is 1.74. The summed E-state index contributed by atoms with van der Waals surface area (Å²) in [5, 5.41) is 0. The number of carbonyl (C=O) groups excluding carboxylic acids is 1. The van der Waals surface area contributed by atoms with Crippen LogP contribution in [0, 0.1) is 0 Å². The maximum absolute atomic E-state index is 12.6. The molecule has 1 spiro atoms. The summed E-state index contributed by atoms with van der Waals surface area (Å²) in [5.74, 6) is 0.138. The van der Waals surface area contributed by atoms with Gasteiger partial charge in [0, 0.05) is 32.2 Å². The van der Waals surface area contributed by atoms with Crippen LogP contribution in [-0.4, -0.2) is 49.3 Å². The predicted molar refractivity (Wildman–Crippen MR) is 85.1 cm³/mol. The van der Waals surface area contributed by atoms with Gasteiger partial charge in [0.25, 0.3) is 5.91 Å². The molecule has 2 heterocycles. The standard InChI is InChI=1S/C18H25NO3/c1-3-14-4-6-15(7-5-14)17(20)19-10-8-18(9-11-19)12-16(21-2)13-22-18/h4-7,16H,3,8-13H2,1-2H3/t16-/m1/s1. The maximum Gasteiger partial charge on any atom is 0.253 e. The van der Waals surface area contributed by atoms with Crippen LogP contribution in [0.15, 0.2) is 24.3 Å². The minimum Gasteiger partial charge on any atom is -0.379 e. The summed E-state index contributed by atoms with van der Waals surface area (Å²) in [4.78, 5) is 14.5. The smallest absolute Gasteiger partial charge is 0.253 e. The number of piperidine rings is 1. The van der Waals surface area contributed by atoms with Gasteiger partial charge >= 0.3 is 0 Å². The van der Waals surface area contributed by atoms with Crippen molar-refractivity contribution in [2.75, 3.05) is 26.8 Å². The summed E-state index contributed by atoms with van der Waals surface area (Å²) in [6.45, 7) is 4.34. The highest BCUT2D eigenvalue weighted by molar-refractivity contribution is 5.94. The highest BCUT2D eigenvalue weighted by atomic mass is 16.6. The Bertz CT molecular complexity index is 518. The Balaban J connectivity index is 1.60. The summed E-state index contributed by atoms with van der Waals surface area (Å²) >= 11 is 0. The normalized spacial score (nSPS) is 23.9. The molecule has 3 rings (SSSR count). The number of amides is 1. The molecule has 4 nitrogen and oxygen atoms in total. The van der Waals surface area contributed by atoms with Crippen LogP contribution in [0.4, 0.5) is 0 Å². The molecule has 0 aromatic heterocycles. The number of ether oxygens (including phenoxy) is 2. The number of methoxy groups -OCH3 is 1. The van der Waals surface area contributed by atoms with Crippen LogP contribution in [0.1, 0.15) is 42.1 Å². The van der Waals surface area contributed by atoms with Crippen LogP contribution in [0.2, 0.25) is 0 Å². The average Bonchev–Trinajstić information content (AvgIpc) is 2.98. The lowest BCUT2D eigenvalue weighted by atomic mass is 9.87. The van der Waals surface area contributed by atoms with Gasteiger partial charge in [-0.25, -0.2) is 0 Å². The zero-order chi connectivity index (χ0) is 15.6. The number of nitrogens with zero attached hydrogens (tertiary/aromatic N) is 1. The third-order valence-corrected chi connectivity index (χ3v) is 5.08. The lowest BCUT2D eigenvalue weighted by Crippen LogP contribution is -2.46. The van der Waals surface area contributed by atoms with Crippen molar-refractivity contribution in [1.29, 1.82) is 0 Å². The second-order valence-electron chi connectivity index (χ2n) is 6.40. The molecule has 1 aromatic rings. The molecule has 1 aromatic carbocycles. The van der Waals surface area contributed by atoms with Crippen molar-refractivity contribution in [2.24, 2.45) is 0 Å². The Morgan fingerprint density at radius 1 is 1.32 bits per heavy atom. The number of benzene rings is 1. The van der Waals surface area contributed by atoms with E-state index >= 15 is 0 Å². The summed E-state index contributed by atoms with van der Waals surface area (Å²) in [6, 6.07) is 7.97. The topological polar surface area (TPSA) is 38.8 Å². The first-order valence-electron chi connectivity index (χ1n) is 8.21. The van der Waals surface area contributed by atoms with Gasteiger partial charge in [0.15, 0.2) is 0 Å². The zero-order valence-electron chi connectivity index (χ0n) is 13.5. The van der Waals surface area contributed by atoms with Gasteiger partial charge in [-0.2, -0.15) is 0 Å². The number of hydrogen-bond donors (Lipinski definition) is 0. The molecule has 0 saturated carbocycles. The van der Waals surface area contributed by atoms with Gasteiger partial charge in [0.2, 0.25) is 0 Å². The third-order valence-electron chi connectivity index (χ3n) is 5.08. The Morgan fingerprint density at radius 2 is 2.00 bits per heavy atom. The van der Waals surface area contributed by atoms with Crippen molar-refractivity contribution in [3.05, 3.63) is 35.4 Å². The highest BCUT2D eigenvalue weighted by Gasteiger charge is 2.43. The summed E-state index contributed by atoms with van der Waals surface area (Å²) in [6.07, 6.45) is 3.98. The average molecular weight is 303 g/mol. The maximum atomic E-state index is 12.6. The fraction of sp³-hybridized carbons (Fsp3) is 0.611. The van der Waals surface area contributed by atoms with E-state index in [-0.39, 0.29) is 17.6 Å². The van der Waals surface area contributed by atoms with Gasteiger partial charge < -0.3 is 14.4 Å². The van der Waals surface area contributed by atoms with E-state index in [4.69, 9.17) is 9.47 Å². The van der Waals surface area contributed by atoms with Gasteiger partial charge in [-0.05, 0) is 37.0 Å². The van der Waals surface area contributed by atoms with E-state index in [0.717, 1.165) is 44.3 Å². The van der Waals surface area contributed by atoms with Crippen LogP contribution in [0.5, 0.6) is 0 Å². The molecule has 1 amide bonds. The number of carbonyl (C=O) groups is 1. The third kappa shape index (κ3) is 3.03. The fourth-order valence-corrected chi connectivity index (χ4v) is 3.49. The van der Waals surface area contributed by atoms with Crippen molar-refractivity contribution in [3.8, 4) is 0 Å². The van der Waals surface area contributed by atoms with Gasteiger partial charge in [-0.1, -0.05) is 19.1 Å². The monoisotopic (exact) mass is 303 g/mol. The molecule has 0 N–H and O–H groups in total. The molecule has 1 atom stereocenters. The first-order valence-corrected chi connectivity index (χ1v) is 8.21. The van der Waals surface area contributed by atoms with Crippen molar-refractivity contribution in [1.82, 2.24) is 4.90 Å². The van der Waals surface area contributed by atoms with E-state index in [1.807, 2.05) is 29.2 Å². The second kappa shape index (κ2) is 6.39. The highest BCUT2D eigenvalue weighted by Crippen LogP contribution is 2.37.